The molecule has 1 saturated heterocycles. The van der Waals surface area contributed by atoms with Crippen molar-refractivity contribution in [3.8, 4) is 0 Å². The van der Waals surface area contributed by atoms with Crippen molar-refractivity contribution < 1.29 is 4.79 Å². The second-order valence-corrected chi connectivity index (χ2v) is 5.32. The van der Waals surface area contributed by atoms with Crippen LogP contribution in [0.3, 0.4) is 0 Å². The number of nitrogens with two attached hydrogens (primary N) is 1. The summed E-state index contributed by atoms with van der Waals surface area (Å²) in [6, 6.07) is 8.21. The van der Waals surface area contributed by atoms with Crippen molar-refractivity contribution in [2.75, 3.05) is 11.4 Å². The molecular weight excluding hydrogens is 252 g/mol. The summed E-state index contributed by atoms with van der Waals surface area (Å²) in [4.78, 5) is 17.8. The van der Waals surface area contributed by atoms with Crippen molar-refractivity contribution in [3.63, 3.8) is 0 Å². The summed E-state index contributed by atoms with van der Waals surface area (Å²) in [7, 11) is 0. The van der Waals surface area contributed by atoms with E-state index in [1.54, 1.807) is 0 Å². The fourth-order valence-corrected chi connectivity index (χ4v) is 2.22. The molecule has 0 radical (unpaired) electrons. The number of hydrogen-bond acceptors (Lipinski definition) is 2. The van der Waals surface area contributed by atoms with Crippen LogP contribution in [0.2, 0.25) is 0 Å². The molecule has 0 saturated carbocycles. The molecule has 108 valence electrons. The van der Waals surface area contributed by atoms with Crippen molar-refractivity contribution >= 4 is 17.6 Å². The largest absolute Gasteiger partial charge is 0.370 e. The van der Waals surface area contributed by atoms with E-state index in [1.807, 2.05) is 43.0 Å². The lowest BCUT2D eigenvalue weighted by Gasteiger charge is -2.15. The van der Waals surface area contributed by atoms with E-state index in [0.29, 0.717) is 18.9 Å². The number of nitrogens with zero attached hydrogens (tertiary/aromatic N) is 2. The molecule has 1 heterocycles. The van der Waals surface area contributed by atoms with E-state index in [0.717, 1.165) is 24.2 Å². The first kappa shape index (κ1) is 14.4. The van der Waals surface area contributed by atoms with Gasteiger partial charge in [-0.25, -0.2) is 4.99 Å². The number of hydrogen-bond donors (Lipinski definition) is 2. The van der Waals surface area contributed by atoms with Crippen LogP contribution in [0.25, 0.3) is 0 Å². The van der Waals surface area contributed by atoms with E-state index in [4.69, 9.17) is 5.73 Å². The number of rotatable bonds is 4. The molecule has 2 rings (SSSR count). The second-order valence-electron chi connectivity index (χ2n) is 5.32. The molecule has 1 aromatic rings. The monoisotopic (exact) mass is 274 g/mol. The summed E-state index contributed by atoms with van der Waals surface area (Å²) in [6.07, 6.45) is 1.60. The third kappa shape index (κ3) is 3.73. The van der Waals surface area contributed by atoms with Gasteiger partial charge >= 0.3 is 0 Å². The van der Waals surface area contributed by atoms with Crippen LogP contribution in [0.4, 0.5) is 5.69 Å². The molecule has 0 atom stereocenters. The zero-order chi connectivity index (χ0) is 14.5. The van der Waals surface area contributed by atoms with E-state index in [-0.39, 0.29) is 11.9 Å². The van der Waals surface area contributed by atoms with Gasteiger partial charge in [0.25, 0.3) is 0 Å². The Kier molecular flexibility index (Phi) is 4.61. The van der Waals surface area contributed by atoms with Crippen LogP contribution < -0.4 is 16.0 Å². The molecule has 1 aromatic carbocycles. The predicted octanol–water partition coefficient (Wildman–Crippen LogP) is 1.63. The highest BCUT2D eigenvalue weighted by atomic mass is 16.2. The van der Waals surface area contributed by atoms with Gasteiger partial charge < -0.3 is 16.0 Å². The van der Waals surface area contributed by atoms with Crippen LogP contribution in [-0.2, 0) is 11.3 Å². The zero-order valence-electron chi connectivity index (χ0n) is 12.1. The van der Waals surface area contributed by atoms with Crippen LogP contribution in [-0.4, -0.2) is 24.5 Å². The summed E-state index contributed by atoms with van der Waals surface area (Å²) in [5, 5.41) is 3.05. The van der Waals surface area contributed by atoms with Gasteiger partial charge in [-0.2, -0.15) is 0 Å². The van der Waals surface area contributed by atoms with Crippen LogP contribution in [0.1, 0.15) is 32.3 Å². The molecule has 0 unspecified atom stereocenters. The third-order valence-electron chi connectivity index (χ3n) is 3.19. The van der Waals surface area contributed by atoms with Crippen LogP contribution in [0.15, 0.2) is 29.3 Å². The maximum Gasteiger partial charge on any atom is 0.227 e. The molecule has 20 heavy (non-hydrogen) atoms. The fraction of sp³-hybridized carbons (Fsp3) is 0.467. The number of nitrogens with one attached hydrogen (secondary N) is 1. The van der Waals surface area contributed by atoms with Crippen molar-refractivity contribution in [3.05, 3.63) is 29.8 Å². The summed E-state index contributed by atoms with van der Waals surface area (Å²) < 4.78 is 0. The first-order valence-electron chi connectivity index (χ1n) is 7.02. The van der Waals surface area contributed by atoms with Gasteiger partial charge in [0.1, 0.15) is 0 Å². The van der Waals surface area contributed by atoms with Crippen molar-refractivity contribution in [2.45, 2.75) is 39.3 Å². The normalized spacial score (nSPS) is 16.1. The number of anilines is 1. The summed E-state index contributed by atoms with van der Waals surface area (Å²) in [5.74, 6) is 0.667. The quantitative estimate of drug-likeness (QED) is 0.647. The van der Waals surface area contributed by atoms with Gasteiger partial charge in [0, 0.05) is 24.7 Å². The highest BCUT2D eigenvalue weighted by Gasteiger charge is 2.21. The second kappa shape index (κ2) is 6.41. The summed E-state index contributed by atoms with van der Waals surface area (Å²) in [5.41, 5.74) is 7.80. The Hall–Kier alpha value is -2.04. The molecule has 0 bridgehead atoms. The average molecular weight is 274 g/mol. The minimum absolute atomic E-state index is 0.209. The molecule has 1 aliphatic rings. The Balaban J connectivity index is 1.96. The number of carbonyl (C=O) groups excluding carboxylic acids is 1. The number of carbonyl (C=O) groups is 1. The van der Waals surface area contributed by atoms with Crippen LogP contribution >= 0.6 is 0 Å². The van der Waals surface area contributed by atoms with Gasteiger partial charge in [0.15, 0.2) is 5.96 Å². The summed E-state index contributed by atoms with van der Waals surface area (Å²) in [6.45, 7) is 5.40. The number of aliphatic imine (C=N–C) groups is 1. The van der Waals surface area contributed by atoms with E-state index < -0.39 is 0 Å². The van der Waals surface area contributed by atoms with Crippen molar-refractivity contribution in [1.29, 1.82) is 0 Å². The fourth-order valence-electron chi connectivity index (χ4n) is 2.22. The van der Waals surface area contributed by atoms with Gasteiger partial charge in [0.2, 0.25) is 5.91 Å². The Labute approximate surface area is 119 Å². The Bertz CT molecular complexity index is 493. The molecule has 1 amide bonds. The Morgan fingerprint density at radius 3 is 2.65 bits per heavy atom. The molecule has 1 aliphatic heterocycles. The molecule has 0 spiro atoms. The molecule has 5 nitrogen and oxygen atoms in total. The third-order valence-corrected chi connectivity index (χ3v) is 3.19. The highest BCUT2D eigenvalue weighted by molar-refractivity contribution is 5.95. The highest BCUT2D eigenvalue weighted by Crippen LogP contribution is 2.21. The lowest BCUT2D eigenvalue weighted by molar-refractivity contribution is -0.117. The van der Waals surface area contributed by atoms with Gasteiger partial charge in [-0.1, -0.05) is 12.1 Å². The molecular formula is C15H22N4O. The molecule has 0 aliphatic carbocycles. The molecule has 0 aromatic heterocycles. The summed E-state index contributed by atoms with van der Waals surface area (Å²) >= 11 is 0. The lowest BCUT2D eigenvalue weighted by atomic mass is 10.2. The van der Waals surface area contributed by atoms with E-state index in [1.165, 1.54) is 0 Å². The standard InChI is InChI=1S/C15H22N4O/c1-11(2)18-15(16)17-10-12-5-7-13(8-6-12)19-9-3-4-14(19)20/h5-8,11H,3-4,9-10H2,1-2H3,(H3,16,17,18). The van der Waals surface area contributed by atoms with Crippen molar-refractivity contribution in [1.82, 2.24) is 5.32 Å². The van der Waals surface area contributed by atoms with Crippen molar-refractivity contribution in [2.24, 2.45) is 10.7 Å². The smallest absolute Gasteiger partial charge is 0.227 e. The molecule has 1 fully saturated rings. The van der Waals surface area contributed by atoms with Gasteiger partial charge in [-0.05, 0) is 38.0 Å². The Morgan fingerprint density at radius 2 is 2.10 bits per heavy atom. The number of amides is 1. The maximum absolute atomic E-state index is 11.7. The topological polar surface area (TPSA) is 70.7 Å². The molecule has 5 heteroatoms. The number of benzene rings is 1. The van der Waals surface area contributed by atoms with E-state index >= 15 is 0 Å². The SMILES string of the molecule is CC(C)NC(N)=NCc1ccc(N2CCCC2=O)cc1. The van der Waals surface area contributed by atoms with Gasteiger partial charge in [0.05, 0.1) is 6.54 Å². The number of guanidine groups is 1. The minimum atomic E-state index is 0.209. The van der Waals surface area contributed by atoms with Gasteiger partial charge in [-0.15, -0.1) is 0 Å². The Morgan fingerprint density at radius 1 is 1.40 bits per heavy atom. The minimum Gasteiger partial charge on any atom is -0.370 e. The zero-order valence-corrected chi connectivity index (χ0v) is 12.1. The van der Waals surface area contributed by atoms with Crippen LogP contribution in [0.5, 0.6) is 0 Å². The van der Waals surface area contributed by atoms with Crippen LogP contribution in [0, 0.1) is 0 Å². The average Bonchev–Trinajstić information content (AvgIpc) is 2.82. The first-order valence-corrected chi connectivity index (χ1v) is 7.02. The van der Waals surface area contributed by atoms with E-state index in [2.05, 4.69) is 10.3 Å². The molecule has 3 N–H and O–H groups in total. The first-order chi connectivity index (χ1) is 9.56. The lowest BCUT2D eigenvalue weighted by Crippen LogP contribution is -2.36. The maximum atomic E-state index is 11.7. The van der Waals surface area contributed by atoms with E-state index in [9.17, 15) is 4.79 Å². The predicted molar refractivity (Wildman–Crippen MR) is 81.6 cm³/mol. The van der Waals surface area contributed by atoms with Gasteiger partial charge in [-0.3, -0.25) is 4.79 Å².